The van der Waals surface area contributed by atoms with Gasteiger partial charge < -0.3 is 20.7 Å². The Morgan fingerprint density at radius 3 is 2.17 bits per heavy atom. The SMILES string of the molecule is CCC(N)(CO)COC(C)(C)O. The molecular weight excluding hydrogens is 158 g/mol. The third-order valence-corrected chi connectivity index (χ3v) is 1.73. The lowest BCUT2D eigenvalue weighted by Crippen LogP contribution is -2.49. The van der Waals surface area contributed by atoms with Crippen LogP contribution in [0, 0.1) is 0 Å². The highest BCUT2D eigenvalue weighted by molar-refractivity contribution is 4.81. The molecule has 4 heteroatoms. The summed E-state index contributed by atoms with van der Waals surface area (Å²) in [6.07, 6.45) is 0.611. The molecule has 4 N–H and O–H groups in total. The number of hydrogen-bond acceptors (Lipinski definition) is 4. The summed E-state index contributed by atoms with van der Waals surface area (Å²) in [6.45, 7) is 4.94. The van der Waals surface area contributed by atoms with Gasteiger partial charge in [-0.3, -0.25) is 0 Å². The Kier molecular flexibility index (Phi) is 4.13. The molecule has 0 aromatic heterocycles. The first-order valence-electron chi connectivity index (χ1n) is 4.09. The monoisotopic (exact) mass is 177 g/mol. The molecule has 0 spiro atoms. The molecular formula is C8H19NO3. The Morgan fingerprint density at radius 1 is 1.42 bits per heavy atom. The van der Waals surface area contributed by atoms with Crippen LogP contribution in [0.25, 0.3) is 0 Å². The lowest BCUT2D eigenvalue weighted by atomic mass is 10.0. The van der Waals surface area contributed by atoms with Crippen LogP contribution in [0.15, 0.2) is 0 Å². The van der Waals surface area contributed by atoms with Gasteiger partial charge in [-0.05, 0) is 20.3 Å². The predicted molar refractivity (Wildman–Crippen MR) is 46.5 cm³/mol. The van der Waals surface area contributed by atoms with Crippen LogP contribution in [-0.2, 0) is 4.74 Å². The molecule has 0 aromatic carbocycles. The maximum atomic E-state index is 9.21. The summed E-state index contributed by atoms with van der Waals surface area (Å²) in [4.78, 5) is 0. The lowest BCUT2D eigenvalue weighted by Gasteiger charge is -2.29. The molecule has 0 aliphatic carbocycles. The van der Waals surface area contributed by atoms with Gasteiger partial charge in [0.25, 0.3) is 0 Å². The minimum absolute atomic E-state index is 0.139. The van der Waals surface area contributed by atoms with Gasteiger partial charge in [-0.1, -0.05) is 6.92 Å². The summed E-state index contributed by atoms with van der Waals surface area (Å²) < 4.78 is 5.05. The third-order valence-electron chi connectivity index (χ3n) is 1.73. The van der Waals surface area contributed by atoms with Crippen molar-refractivity contribution >= 4 is 0 Å². The van der Waals surface area contributed by atoms with E-state index in [4.69, 9.17) is 15.6 Å². The summed E-state index contributed by atoms with van der Waals surface area (Å²) in [5.41, 5.74) is 4.98. The standard InChI is InChI=1S/C8H19NO3/c1-4-8(9,5-10)6-12-7(2,3)11/h10-11H,4-6,9H2,1-3H3. The van der Waals surface area contributed by atoms with Crippen LogP contribution >= 0.6 is 0 Å². The van der Waals surface area contributed by atoms with Crippen molar-refractivity contribution in [1.82, 2.24) is 0 Å². The van der Waals surface area contributed by atoms with Crippen LogP contribution < -0.4 is 5.73 Å². The van der Waals surface area contributed by atoms with Crippen molar-refractivity contribution in [2.24, 2.45) is 5.73 Å². The van der Waals surface area contributed by atoms with E-state index < -0.39 is 11.3 Å². The van der Waals surface area contributed by atoms with E-state index in [0.29, 0.717) is 6.42 Å². The van der Waals surface area contributed by atoms with E-state index >= 15 is 0 Å². The van der Waals surface area contributed by atoms with E-state index in [9.17, 15) is 5.11 Å². The quantitative estimate of drug-likeness (QED) is 0.510. The number of rotatable bonds is 5. The number of aliphatic hydroxyl groups is 2. The van der Waals surface area contributed by atoms with Crippen LogP contribution in [0.4, 0.5) is 0 Å². The van der Waals surface area contributed by atoms with Crippen molar-refractivity contribution in [2.45, 2.75) is 38.5 Å². The van der Waals surface area contributed by atoms with Gasteiger partial charge in [0.15, 0.2) is 5.79 Å². The zero-order valence-electron chi connectivity index (χ0n) is 8.00. The van der Waals surface area contributed by atoms with Gasteiger partial charge in [-0.25, -0.2) is 0 Å². The van der Waals surface area contributed by atoms with Gasteiger partial charge in [0.1, 0.15) is 0 Å². The van der Waals surface area contributed by atoms with Gasteiger partial charge >= 0.3 is 0 Å². The van der Waals surface area contributed by atoms with E-state index in [1.54, 1.807) is 0 Å². The lowest BCUT2D eigenvalue weighted by molar-refractivity contribution is -0.188. The molecule has 0 aliphatic heterocycles. The van der Waals surface area contributed by atoms with Gasteiger partial charge in [-0.2, -0.15) is 0 Å². The Balaban J connectivity index is 3.89. The number of nitrogens with two attached hydrogens (primary N) is 1. The van der Waals surface area contributed by atoms with Crippen molar-refractivity contribution in [3.05, 3.63) is 0 Å². The van der Waals surface area contributed by atoms with E-state index in [-0.39, 0.29) is 13.2 Å². The second-order valence-corrected chi connectivity index (χ2v) is 3.61. The number of hydrogen-bond donors (Lipinski definition) is 3. The average molecular weight is 177 g/mol. The summed E-state index contributed by atoms with van der Waals surface area (Å²) in [5.74, 6) is -1.19. The molecule has 0 bridgehead atoms. The van der Waals surface area contributed by atoms with Gasteiger partial charge in [0.05, 0.1) is 18.8 Å². The van der Waals surface area contributed by atoms with Gasteiger partial charge in [0, 0.05) is 0 Å². The molecule has 1 atom stereocenters. The Hall–Kier alpha value is -0.160. The maximum Gasteiger partial charge on any atom is 0.159 e. The first kappa shape index (κ1) is 11.8. The van der Waals surface area contributed by atoms with Crippen LogP contribution in [0.2, 0.25) is 0 Å². The Morgan fingerprint density at radius 2 is 1.92 bits per heavy atom. The molecule has 0 amide bonds. The van der Waals surface area contributed by atoms with Crippen molar-refractivity contribution in [1.29, 1.82) is 0 Å². The summed E-state index contributed by atoms with van der Waals surface area (Å²) in [6, 6.07) is 0. The minimum Gasteiger partial charge on any atom is -0.394 e. The molecule has 0 radical (unpaired) electrons. The summed E-state index contributed by atoms with van der Waals surface area (Å²) >= 11 is 0. The van der Waals surface area contributed by atoms with Crippen LogP contribution in [0.3, 0.4) is 0 Å². The molecule has 0 rings (SSSR count). The molecule has 4 nitrogen and oxygen atoms in total. The van der Waals surface area contributed by atoms with Crippen molar-refractivity contribution in [3.8, 4) is 0 Å². The molecule has 0 saturated carbocycles. The van der Waals surface area contributed by atoms with Crippen LogP contribution in [-0.4, -0.2) is 34.8 Å². The molecule has 0 fully saturated rings. The highest BCUT2D eigenvalue weighted by Gasteiger charge is 2.25. The van der Waals surface area contributed by atoms with Crippen LogP contribution in [0.5, 0.6) is 0 Å². The zero-order chi connectivity index (χ0) is 9.83. The topological polar surface area (TPSA) is 75.7 Å². The van der Waals surface area contributed by atoms with E-state index in [1.807, 2.05) is 6.92 Å². The molecule has 74 valence electrons. The second kappa shape index (κ2) is 4.18. The molecule has 0 heterocycles. The van der Waals surface area contributed by atoms with Gasteiger partial charge in [-0.15, -0.1) is 0 Å². The fourth-order valence-electron chi connectivity index (χ4n) is 0.580. The fourth-order valence-corrected chi connectivity index (χ4v) is 0.580. The third kappa shape index (κ3) is 4.66. The van der Waals surface area contributed by atoms with Crippen molar-refractivity contribution in [2.75, 3.05) is 13.2 Å². The summed E-state index contributed by atoms with van der Waals surface area (Å²) in [7, 11) is 0. The largest absolute Gasteiger partial charge is 0.394 e. The molecule has 0 aromatic rings. The normalized spacial score (nSPS) is 17.5. The first-order valence-corrected chi connectivity index (χ1v) is 4.09. The fraction of sp³-hybridized carbons (Fsp3) is 1.00. The average Bonchev–Trinajstić information content (AvgIpc) is 1.99. The maximum absolute atomic E-state index is 9.21. The van der Waals surface area contributed by atoms with E-state index in [2.05, 4.69) is 0 Å². The van der Waals surface area contributed by atoms with E-state index in [1.165, 1.54) is 13.8 Å². The first-order chi connectivity index (χ1) is 5.33. The Bertz CT molecular complexity index is 127. The summed E-state index contributed by atoms with van der Waals surface area (Å²) in [5, 5.41) is 18.1. The highest BCUT2D eigenvalue weighted by atomic mass is 16.6. The minimum atomic E-state index is -1.19. The Labute approximate surface area is 73.3 Å². The van der Waals surface area contributed by atoms with Crippen molar-refractivity contribution in [3.63, 3.8) is 0 Å². The number of ether oxygens (including phenoxy) is 1. The zero-order valence-corrected chi connectivity index (χ0v) is 8.00. The van der Waals surface area contributed by atoms with E-state index in [0.717, 1.165) is 0 Å². The molecule has 1 unspecified atom stereocenters. The molecule has 12 heavy (non-hydrogen) atoms. The van der Waals surface area contributed by atoms with Crippen molar-refractivity contribution < 1.29 is 14.9 Å². The smallest absolute Gasteiger partial charge is 0.159 e. The number of aliphatic hydroxyl groups excluding tert-OH is 1. The second-order valence-electron chi connectivity index (χ2n) is 3.61. The highest BCUT2D eigenvalue weighted by Crippen LogP contribution is 2.11. The van der Waals surface area contributed by atoms with Crippen LogP contribution in [0.1, 0.15) is 27.2 Å². The van der Waals surface area contributed by atoms with Gasteiger partial charge in [0.2, 0.25) is 0 Å². The molecule has 0 saturated heterocycles. The molecule has 0 aliphatic rings. The predicted octanol–water partition coefficient (Wildman–Crippen LogP) is -0.169.